The summed E-state index contributed by atoms with van der Waals surface area (Å²) < 4.78 is 9.85. The number of carbonyl (C=O) groups is 4. The molecule has 0 aromatic heterocycles. The molecule has 4 aliphatic rings. The minimum atomic E-state index is -0.863. The molecule has 0 unspecified atom stereocenters. The van der Waals surface area contributed by atoms with Crippen LogP contribution >= 0.6 is 0 Å². The molecule has 2 aliphatic carbocycles. The zero-order chi connectivity index (χ0) is 28.3. The van der Waals surface area contributed by atoms with Gasteiger partial charge >= 0.3 is 23.9 Å². The third-order valence-electron chi connectivity index (χ3n) is 7.88. The zero-order valence-electron chi connectivity index (χ0n) is 22.6. The van der Waals surface area contributed by atoms with Crippen LogP contribution in [-0.2, 0) is 21.3 Å². The lowest BCUT2D eigenvalue weighted by molar-refractivity contribution is 0.0425. The van der Waals surface area contributed by atoms with Crippen LogP contribution in [0.2, 0.25) is 0 Å². The second-order valence-corrected chi connectivity index (χ2v) is 9.48. The fourth-order valence-corrected chi connectivity index (χ4v) is 6.51. The molecule has 8 rings (SSSR count). The van der Waals surface area contributed by atoms with Gasteiger partial charge in [0.05, 0.1) is 27.7 Å². The van der Waals surface area contributed by atoms with Crippen molar-refractivity contribution in [2.24, 2.45) is 0 Å². The molecule has 0 atom stereocenters. The Morgan fingerprint density at radius 3 is 1.23 bits per heavy atom. The molecule has 0 amide bonds. The van der Waals surface area contributed by atoms with Crippen LogP contribution in [0.15, 0.2) is 72.8 Å². The van der Waals surface area contributed by atoms with Gasteiger partial charge in [0.15, 0.2) is 0 Å². The largest absolute Gasteiger partial charge is 0.386 e. The molecular formula is C34H26O6. The topological polar surface area (TPSA) is 86.7 Å². The summed E-state index contributed by atoms with van der Waals surface area (Å²) in [5, 5.41) is 0. The van der Waals surface area contributed by atoms with Gasteiger partial charge in [0, 0.05) is 0 Å². The van der Waals surface area contributed by atoms with E-state index in [1.54, 1.807) is 24.3 Å². The van der Waals surface area contributed by atoms with Gasteiger partial charge in [0.1, 0.15) is 0 Å². The van der Waals surface area contributed by atoms with Crippen LogP contribution in [0.5, 0.6) is 0 Å². The second-order valence-electron chi connectivity index (χ2n) is 9.48. The normalized spacial score (nSPS) is 15.7. The fraction of sp³-hybridized carbons (Fsp3) is 0.176. The first-order valence-electron chi connectivity index (χ1n) is 13.6. The highest BCUT2D eigenvalue weighted by molar-refractivity contribution is 6.16. The number of ether oxygens (including phenoxy) is 2. The van der Waals surface area contributed by atoms with Crippen molar-refractivity contribution >= 4 is 23.9 Å². The van der Waals surface area contributed by atoms with E-state index in [9.17, 15) is 19.2 Å². The average Bonchev–Trinajstić information content (AvgIpc) is 3.55. The molecule has 2 aliphatic heterocycles. The summed E-state index contributed by atoms with van der Waals surface area (Å²) in [6.45, 7) is 8.00. The molecule has 4 aromatic carbocycles. The summed E-state index contributed by atoms with van der Waals surface area (Å²) in [5.74, 6) is -2.65. The molecule has 0 saturated carbocycles. The van der Waals surface area contributed by atoms with Crippen LogP contribution in [-0.4, -0.2) is 23.9 Å². The summed E-state index contributed by atoms with van der Waals surface area (Å²) in [7, 11) is 0. The van der Waals surface area contributed by atoms with E-state index in [2.05, 4.69) is 24.3 Å². The first kappa shape index (κ1) is 25.4. The highest BCUT2D eigenvalue weighted by Crippen LogP contribution is 2.60. The monoisotopic (exact) mass is 530 g/mol. The Bertz CT molecular complexity index is 1660. The number of fused-ring (bicyclic) bond motifs is 11. The van der Waals surface area contributed by atoms with E-state index in [0.29, 0.717) is 6.42 Å². The van der Waals surface area contributed by atoms with Crippen LogP contribution in [0.1, 0.15) is 103 Å². The lowest BCUT2D eigenvalue weighted by Gasteiger charge is -2.40. The van der Waals surface area contributed by atoms with Gasteiger partial charge < -0.3 is 9.47 Å². The van der Waals surface area contributed by atoms with E-state index < -0.39 is 29.3 Å². The van der Waals surface area contributed by atoms with Gasteiger partial charge in [-0.05, 0) is 75.2 Å². The number of carbonyl (C=O) groups excluding carboxylic acids is 4. The Kier molecular flexibility index (Phi) is 5.80. The van der Waals surface area contributed by atoms with Crippen LogP contribution < -0.4 is 0 Å². The summed E-state index contributed by atoms with van der Waals surface area (Å²) in [6.07, 6.45) is 0.417. The number of cyclic esters (lactones) is 4. The maximum Gasteiger partial charge on any atom is 0.346 e. The van der Waals surface area contributed by atoms with Crippen molar-refractivity contribution in [2.45, 2.75) is 39.5 Å². The molecule has 40 heavy (non-hydrogen) atoms. The molecule has 6 heteroatoms. The van der Waals surface area contributed by atoms with Crippen molar-refractivity contribution in [3.63, 3.8) is 0 Å². The molecule has 2 heterocycles. The SMILES string of the molecule is CC.CC.O=C1OC(=O)c2cc3c(cc21)Cc1cc2c(cc1C31c3ccccc3-c3ccccc31)C(=O)OC2=O. The van der Waals surface area contributed by atoms with Crippen LogP contribution in [0, 0.1) is 0 Å². The summed E-state index contributed by atoms with van der Waals surface area (Å²) in [5.41, 5.74) is 7.62. The number of rotatable bonds is 0. The molecule has 0 N–H and O–H groups in total. The number of esters is 4. The van der Waals surface area contributed by atoms with Gasteiger partial charge in [0.25, 0.3) is 0 Å². The van der Waals surface area contributed by atoms with E-state index in [0.717, 1.165) is 44.5 Å². The molecule has 0 saturated heterocycles. The van der Waals surface area contributed by atoms with Gasteiger partial charge in [-0.2, -0.15) is 0 Å². The van der Waals surface area contributed by atoms with Gasteiger partial charge in [0.2, 0.25) is 0 Å². The van der Waals surface area contributed by atoms with E-state index >= 15 is 0 Å². The number of hydrogen-bond acceptors (Lipinski definition) is 6. The van der Waals surface area contributed by atoms with Crippen molar-refractivity contribution in [3.8, 4) is 11.1 Å². The molecule has 1 spiro atoms. The third kappa shape index (κ3) is 3.10. The maximum absolute atomic E-state index is 12.6. The molecule has 4 aromatic rings. The highest BCUT2D eigenvalue weighted by Gasteiger charge is 2.52. The fourth-order valence-electron chi connectivity index (χ4n) is 6.51. The molecule has 6 nitrogen and oxygen atoms in total. The molecular weight excluding hydrogens is 504 g/mol. The van der Waals surface area contributed by atoms with E-state index in [-0.39, 0.29) is 22.3 Å². The zero-order valence-corrected chi connectivity index (χ0v) is 22.6. The Labute approximate surface area is 231 Å². The van der Waals surface area contributed by atoms with Gasteiger partial charge in [-0.25, -0.2) is 19.2 Å². The molecule has 0 radical (unpaired) electrons. The van der Waals surface area contributed by atoms with Crippen molar-refractivity contribution < 1.29 is 28.7 Å². The predicted octanol–water partition coefficient (Wildman–Crippen LogP) is 6.63. The third-order valence-corrected chi connectivity index (χ3v) is 7.88. The quantitative estimate of drug-likeness (QED) is 0.162. The lowest BCUT2D eigenvalue weighted by atomic mass is 9.60. The van der Waals surface area contributed by atoms with Gasteiger partial charge in [-0.1, -0.05) is 76.2 Å². The van der Waals surface area contributed by atoms with Crippen LogP contribution in [0.4, 0.5) is 0 Å². The van der Waals surface area contributed by atoms with Crippen molar-refractivity contribution in [3.05, 3.63) is 128 Å². The predicted molar refractivity (Wildman–Crippen MR) is 149 cm³/mol. The van der Waals surface area contributed by atoms with Gasteiger partial charge in [-0.15, -0.1) is 0 Å². The van der Waals surface area contributed by atoms with Gasteiger partial charge in [-0.3, -0.25) is 0 Å². The summed E-state index contributed by atoms with van der Waals surface area (Å²) >= 11 is 0. The first-order chi connectivity index (χ1) is 19.5. The second kappa shape index (κ2) is 9.12. The van der Waals surface area contributed by atoms with E-state index in [1.165, 1.54) is 0 Å². The van der Waals surface area contributed by atoms with Crippen molar-refractivity contribution in [1.29, 1.82) is 0 Å². The minimum absolute atomic E-state index is 0.235. The Balaban J connectivity index is 0.000000694. The summed E-state index contributed by atoms with van der Waals surface area (Å²) in [6, 6.07) is 23.2. The highest BCUT2D eigenvalue weighted by atomic mass is 16.6. The Morgan fingerprint density at radius 1 is 0.475 bits per heavy atom. The Morgan fingerprint density at radius 2 is 0.825 bits per heavy atom. The van der Waals surface area contributed by atoms with Crippen molar-refractivity contribution in [1.82, 2.24) is 0 Å². The minimum Gasteiger partial charge on any atom is -0.386 e. The van der Waals surface area contributed by atoms with E-state index in [4.69, 9.17) is 9.47 Å². The average molecular weight is 531 g/mol. The standard InChI is InChI=1S/C30H14O6.2C2H6/c31-26-18-10-14-9-15-11-19-21(29(34)36-27(19)32)13-25(15)30(24(14)12-20(18)28(33)35-26)22-7-3-1-5-16(22)17-6-2-4-8-23(17)30;2*1-2/h1-8,10-13H,9H2;2*1-2H3. The Hall–Kier alpha value is -4.84. The summed E-state index contributed by atoms with van der Waals surface area (Å²) in [4.78, 5) is 50.0. The lowest BCUT2D eigenvalue weighted by Crippen LogP contribution is -2.35. The molecule has 198 valence electrons. The number of hydrogen-bond donors (Lipinski definition) is 0. The molecule has 0 bridgehead atoms. The van der Waals surface area contributed by atoms with Crippen molar-refractivity contribution in [2.75, 3.05) is 0 Å². The van der Waals surface area contributed by atoms with Crippen LogP contribution in [0.3, 0.4) is 0 Å². The smallest absolute Gasteiger partial charge is 0.346 e. The maximum atomic E-state index is 12.6. The van der Waals surface area contributed by atoms with Crippen LogP contribution in [0.25, 0.3) is 11.1 Å². The number of benzene rings is 4. The first-order valence-corrected chi connectivity index (χ1v) is 13.6. The van der Waals surface area contributed by atoms with E-state index in [1.807, 2.05) is 52.0 Å². The molecule has 0 fully saturated rings.